The predicted molar refractivity (Wildman–Crippen MR) is 76.3 cm³/mol. The fourth-order valence-electron chi connectivity index (χ4n) is 1.50. The molecule has 21 heavy (non-hydrogen) atoms. The van der Waals surface area contributed by atoms with Gasteiger partial charge < -0.3 is 11.1 Å². The predicted octanol–water partition coefficient (Wildman–Crippen LogP) is 0.180. The van der Waals surface area contributed by atoms with Crippen molar-refractivity contribution in [1.82, 2.24) is 4.72 Å². The second kappa shape index (κ2) is 6.99. The Kier molecular flexibility index (Phi) is 5.61. The average Bonchev–Trinajstić information content (AvgIpc) is 2.42. The molecule has 1 aromatic rings. The van der Waals surface area contributed by atoms with Crippen molar-refractivity contribution in [3.05, 3.63) is 28.3 Å². The van der Waals surface area contributed by atoms with Crippen LogP contribution < -0.4 is 15.8 Å². The van der Waals surface area contributed by atoms with Crippen molar-refractivity contribution in [3.8, 4) is 0 Å². The van der Waals surface area contributed by atoms with Gasteiger partial charge in [-0.3, -0.25) is 14.9 Å². The molecule has 0 fully saturated rings. The molecule has 0 radical (unpaired) electrons. The van der Waals surface area contributed by atoms with E-state index in [1.54, 1.807) is 0 Å². The van der Waals surface area contributed by atoms with E-state index < -0.39 is 38.0 Å². The highest BCUT2D eigenvalue weighted by molar-refractivity contribution is 7.89. The Balaban J connectivity index is 3.22. The Hall–Kier alpha value is -2.20. The third-order valence-corrected chi connectivity index (χ3v) is 3.89. The molecule has 0 saturated carbocycles. The molecule has 0 saturated heterocycles. The molecule has 9 nitrogen and oxygen atoms in total. The molecule has 0 unspecified atom stereocenters. The van der Waals surface area contributed by atoms with Crippen molar-refractivity contribution in [2.24, 2.45) is 5.73 Å². The number of nitro groups is 1. The maximum atomic E-state index is 12.0. The van der Waals surface area contributed by atoms with Crippen molar-refractivity contribution in [1.29, 1.82) is 0 Å². The monoisotopic (exact) mass is 316 g/mol. The van der Waals surface area contributed by atoms with Crippen LogP contribution in [-0.2, 0) is 14.8 Å². The van der Waals surface area contributed by atoms with Crippen LogP contribution in [0.2, 0.25) is 0 Å². The van der Waals surface area contributed by atoms with Gasteiger partial charge in [-0.25, -0.2) is 13.1 Å². The topological polar surface area (TPSA) is 144 Å². The highest BCUT2D eigenvalue weighted by atomic mass is 32.2. The third kappa shape index (κ3) is 4.68. The van der Waals surface area contributed by atoms with Crippen LogP contribution in [0.25, 0.3) is 0 Å². The Morgan fingerprint density at radius 1 is 1.43 bits per heavy atom. The molecule has 0 aromatic heterocycles. The molecule has 1 aromatic carbocycles. The van der Waals surface area contributed by atoms with Crippen LogP contribution >= 0.6 is 0 Å². The standard InChI is InChI=1S/C11H16N4O5S/c1-2-5-13-8-3-4-9(15(17)18)10(6-8)21(19,20)14-7-11(12)16/h3-4,6,13-14H,2,5,7H2,1H3,(H2,12,16). The van der Waals surface area contributed by atoms with Crippen LogP contribution in [0, 0.1) is 10.1 Å². The van der Waals surface area contributed by atoms with Gasteiger partial charge in [0.25, 0.3) is 5.69 Å². The summed E-state index contributed by atoms with van der Waals surface area (Å²) < 4.78 is 26.0. The lowest BCUT2D eigenvalue weighted by Gasteiger charge is -2.09. The Morgan fingerprint density at radius 3 is 2.62 bits per heavy atom. The lowest BCUT2D eigenvalue weighted by molar-refractivity contribution is -0.387. The van der Waals surface area contributed by atoms with E-state index in [1.807, 2.05) is 11.6 Å². The number of carbonyl (C=O) groups is 1. The highest BCUT2D eigenvalue weighted by Crippen LogP contribution is 2.26. The van der Waals surface area contributed by atoms with E-state index in [1.165, 1.54) is 6.07 Å². The minimum Gasteiger partial charge on any atom is -0.385 e. The number of nitrogens with zero attached hydrogens (tertiary/aromatic N) is 1. The zero-order valence-corrected chi connectivity index (χ0v) is 12.1. The summed E-state index contributed by atoms with van der Waals surface area (Å²) in [5.74, 6) is -0.888. The third-order valence-electron chi connectivity index (χ3n) is 2.46. The van der Waals surface area contributed by atoms with Crippen LogP contribution in [0.15, 0.2) is 23.1 Å². The molecule has 0 atom stereocenters. The lowest BCUT2D eigenvalue weighted by Crippen LogP contribution is -2.33. The van der Waals surface area contributed by atoms with Crippen molar-refractivity contribution >= 4 is 27.3 Å². The molecule has 0 aliphatic carbocycles. The summed E-state index contributed by atoms with van der Waals surface area (Å²) in [6, 6.07) is 3.66. The van der Waals surface area contributed by atoms with Crippen molar-refractivity contribution < 1.29 is 18.1 Å². The minimum absolute atomic E-state index is 0.432. The number of amides is 1. The second-order valence-corrected chi connectivity index (χ2v) is 5.89. The summed E-state index contributed by atoms with van der Waals surface area (Å²) in [6.07, 6.45) is 0.805. The lowest BCUT2D eigenvalue weighted by atomic mass is 10.3. The van der Waals surface area contributed by atoms with Gasteiger partial charge in [-0.2, -0.15) is 0 Å². The fourth-order valence-corrected chi connectivity index (χ4v) is 2.69. The van der Waals surface area contributed by atoms with E-state index >= 15 is 0 Å². The number of hydrogen-bond donors (Lipinski definition) is 3. The van der Waals surface area contributed by atoms with Gasteiger partial charge in [0.2, 0.25) is 15.9 Å². The normalized spacial score (nSPS) is 11.1. The molecule has 0 spiro atoms. The summed E-state index contributed by atoms with van der Waals surface area (Å²) in [4.78, 5) is 20.3. The zero-order chi connectivity index (χ0) is 16.0. The number of rotatable bonds is 8. The van der Waals surface area contributed by atoms with Gasteiger partial charge in [-0.15, -0.1) is 0 Å². The van der Waals surface area contributed by atoms with Crippen molar-refractivity contribution in [2.45, 2.75) is 18.2 Å². The first-order valence-corrected chi connectivity index (χ1v) is 7.56. The van der Waals surface area contributed by atoms with Crippen LogP contribution in [0.1, 0.15) is 13.3 Å². The fraction of sp³-hybridized carbons (Fsp3) is 0.364. The zero-order valence-electron chi connectivity index (χ0n) is 11.3. The Bertz CT molecular complexity index is 644. The number of carbonyl (C=O) groups excluding carboxylic acids is 1. The molecule has 10 heteroatoms. The smallest absolute Gasteiger partial charge is 0.289 e. The first kappa shape index (κ1) is 16.9. The van der Waals surface area contributed by atoms with E-state index in [9.17, 15) is 23.3 Å². The number of nitro benzene ring substituents is 1. The summed E-state index contributed by atoms with van der Waals surface area (Å²) >= 11 is 0. The van der Waals surface area contributed by atoms with Gasteiger partial charge >= 0.3 is 0 Å². The Morgan fingerprint density at radius 2 is 2.10 bits per heavy atom. The van der Waals surface area contributed by atoms with E-state index in [0.29, 0.717) is 12.2 Å². The quantitative estimate of drug-likeness (QED) is 0.461. The molecule has 0 bridgehead atoms. The number of sulfonamides is 1. The molecule has 0 aliphatic heterocycles. The highest BCUT2D eigenvalue weighted by Gasteiger charge is 2.26. The molecule has 1 rings (SSSR count). The number of benzene rings is 1. The number of nitrogens with two attached hydrogens (primary N) is 1. The van der Waals surface area contributed by atoms with E-state index in [2.05, 4.69) is 5.32 Å². The van der Waals surface area contributed by atoms with Crippen LogP contribution in [0.4, 0.5) is 11.4 Å². The number of primary amides is 1. The molecule has 0 heterocycles. The van der Waals surface area contributed by atoms with Crippen molar-refractivity contribution in [3.63, 3.8) is 0 Å². The van der Waals surface area contributed by atoms with Crippen LogP contribution in [0.3, 0.4) is 0 Å². The minimum atomic E-state index is -4.21. The first-order chi connectivity index (χ1) is 9.77. The first-order valence-electron chi connectivity index (χ1n) is 6.08. The van der Waals surface area contributed by atoms with Crippen LogP contribution in [0.5, 0.6) is 0 Å². The molecular weight excluding hydrogens is 300 g/mol. The molecular formula is C11H16N4O5S. The second-order valence-electron chi connectivity index (χ2n) is 4.16. The van der Waals surface area contributed by atoms with E-state index in [0.717, 1.165) is 18.6 Å². The van der Waals surface area contributed by atoms with E-state index in [-0.39, 0.29) is 0 Å². The van der Waals surface area contributed by atoms with Crippen molar-refractivity contribution in [2.75, 3.05) is 18.4 Å². The van der Waals surface area contributed by atoms with Gasteiger partial charge in [-0.1, -0.05) is 6.92 Å². The number of anilines is 1. The number of nitrogens with one attached hydrogen (secondary N) is 2. The van der Waals surface area contributed by atoms with E-state index in [4.69, 9.17) is 5.73 Å². The van der Waals surface area contributed by atoms with Gasteiger partial charge in [0.05, 0.1) is 11.5 Å². The van der Waals surface area contributed by atoms with Crippen LogP contribution in [-0.4, -0.2) is 32.3 Å². The maximum Gasteiger partial charge on any atom is 0.289 e. The Labute approximate surface area is 121 Å². The molecule has 1 amide bonds. The van der Waals surface area contributed by atoms with Gasteiger partial charge in [0.1, 0.15) is 0 Å². The van der Waals surface area contributed by atoms with Gasteiger partial charge in [0, 0.05) is 18.3 Å². The summed E-state index contributed by atoms with van der Waals surface area (Å²) in [5.41, 5.74) is 4.72. The summed E-state index contributed by atoms with van der Waals surface area (Å²) in [6.45, 7) is 1.88. The SMILES string of the molecule is CCCNc1ccc([N+](=O)[O-])c(S(=O)(=O)NCC(N)=O)c1. The molecule has 0 aliphatic rings. The summed E-state index contributed by atoms with van der Waals surface area (Å²) in [7, 11) is -4.21. The van der Waals surface area contributed by atoms with Gasteiger partial charge in [-0.05, 0) is 18.6 Å². The molecule has 116 valence electrons. The largest absolute Gasteiger partial charge is 0.385 e. The number of hydrogen-bond acceptors (Lipinski definition) is 6. The average molecular weight is 316 g/mol. The summed E-state index contributed by atoms with van der Waals surface area (Å²) in [5, 5.41) is 13.9. The van der Waals surface area contributed by atoms with Gasteiger partial charge in [0.15, 0.2) is 4.90 Å². The molecule has 4 N–H and O–H groups in total. The maximum absolute atomic E-state index is 12.0.